The molecule has 1 atom stereocenters. The number of rotatable bonds is 7. The Kier molecular flexibility index (Phi) is 5.31. The van der Waals surface area contributed by atoms with Gasteiger partial charge in [0, 0.05) is 17.5 Å². The fourth-order valence-corrected chi connectivity index (χ4v) is 2.00. The molecular weight excluding hydrogens is 262 g/mol. The van der Waals surface area contributed by atoms with Crippen molar-refractivity contribution in [3.8, 4) is 5.75 Å². The number of hydrogen-bond donors (Lipinski definition) is 1. The van der Waals surface area contributed by atoms with Crippen molar-refractivity contribution in [1.82, 2.24) is 5.32 Å². The molecule has 4 heteroatoms. The summed E-state index contributed by atoms with van der Waals surface area (Å²) in [6, 6.07) is 11.5. The van der Waals surface area contributed by atoms with Crippen LogP contribution >= 0.6 is 11.6 Å². The number of furan rings is 1. The van der Waals surface area contributed by atoms with E-state index >= 15 is 0 Å². The molecule has 1 unspecified atom stereocenters. The van der Waals surface area contributed by atoms with Gasteiger partial charge in [0.05, 0.1) is 6.26 Å². The van der Waals surface area contributed by atoms with Gasteiger partial charge < -0.3 is 14.5 Å². The number of nitrogens with one attached hydrogen (secondary N) is 1. The molecule has 1 heterocycles. The quantitative estimate of drug-likeness (QED) is 0.842. The van der Waals surface area contributed by atoms with E-state index in [1.54, 1.807) is 6.26 Å². The highest BCUT2D eigenvalue weighted by Crippen LogP contribution is 2.16. The molecule has 1 aromatic heterocycles. The molecule has 102 valence electrons. The number of benzene rings is 1. The smallest absolute Gasteiger partial charge is 0.119 e. The van der Waals surface area contributed by atoms with Crippen LogP contribution in [-0.2, 0) is 6.42 Å². The molecular formula is C15H18ClNO2. The lowest BCUT2D eigenvalue weighted by atomic mass is 10.2. The number of ether oxygens (including phenoxy) is 1. The molecule has 0 amide bonds. The molecule has 19 heavy (non-hydrogen) atoms. The topological polar surface area (TPSA) is 34.4 Å². The highest BCUT2D eigenvalue weighted by Gasteiger charge is 2.11. The van der Waals surface area contributed by atoms with E-state index in [0.29, 0.717) is 11.6 Å². The van der Waals surface area contributed by atoms with Gasteiger partial charge in [0.15, 0.2) is 0 Å². The highest BCUT2D eigenvalue weighted by molar-refractivity contribution is 6.30. The van der Waals surface area contributed by atoms with Gasteiger partial charge >= 0.3 is 0 Å². The van der Waals surface area contributed by atoms with Gasteiger partial charge in [-0.3, -0.25) is 0 Å². The molecule has 0 fully saturated rings. The molecule has 0 aliphatic heterocycles. The maximum absolute atomic E-state index is 5.84. The zero-order valence-corrected chi connectivity index (χ0v) is 11.7. The lowest BCUT2D eigenvalue weighted by Crippen LogP contribution is -2.36. The van der Waals surface area contributed by atoms with Gasteiger partial charge in [-0.05, 0) is 42.9 Å². The van der Waals surface area contributed by atoms with E-state index in [0.717, 1.165) is 24.5 Å². The van der Waals surface area contributed by atoms with Gasteiger partial charge in [0.2, 0.25) is 0 Å². The number of halogens is 1. The summed E-state index contributed by atoms with van der Waals surface area (Å²) in [5, 5.41) is 4.11. The van der Waals surface area contributed by atoms with Gasteiger partial charge in [-0.25, -0.2) is 0 Å². The Morgan fingerprint density at radius 2 is 2.05 bits per heavy atom. The molecule has 0 spiro atoms. The van der Waals surface area contributed by atoms with Crippen LogP contribution in [0.1, 0.15) is 12.7 Å². The Bertz CT molecular complexity index is 467. The first-order chi connectivity index (χ1) is 9.28. The second-order valence-corrected chi connectivity index (χ2v) is 4.74. The molecule has 3 nitrogen and oxygen atoms in total. The Hall–Kier alpha value is -1.45. The van der Waals surface area contributed by atoms with Crippen LogP contribution < -0.4 is 10.1 Å². The largest absolute Gasteiger partial charge is 0.492 e. The third-order valence-electron chi connectivity index (χ3n) is 2.79. The van der Waals surface area contributed by atoms with E-state index in [4.69, 9.17) is 20.8 Å². The molecule has 0 bridgehead atoms. The summed E-state index contributed by atoms with van der Waals surface area (Å²) in [6.45, 7) is 3.57. The van der Waals surface area contributed by atoms with E-state index in [2.05, 4.69) is 12.2 Å². The van der Waals surface area contributed by atoms with Crippen molar-refractivity contribution in [3.63, 3.8) is 0 Å². The van der Waals surface area contributed by atoms with Crippen LogP contribution in [0.15, 0.2) is 47.1 Å². The Balaban J connectivity index is 1.87. The summed E-state index contributed by atoms with van der Waals surface area (Å²) in [4.78, 5) is 0. The SMILES string of the molecule is CCNC(COc1ccc(Cl)cc1)Cc1ccco1. The standard InChI is InChI=1S/C15H18ClNO2/c1-2-17-13(10-15-4-3-9-18-15)11-19-14-7-5-12(16)6-8-14/h3-9,13,17H,2,10-11H2,1H3. The molecule has 0 aliphatic rings. The van der Waals surface area contributed by atoms with Crippen molar-refractivity contribution < 1.29 is 9.15 Å². The van der Waals surface area contributed by atoms with E-state index in [1.165, 1.54) is 0 Å². The van der Waals surface area contributed by atoms with Gasteiger partial charge in [-0.2, -0.15) is 0 Å². The van der Waals surface area contributed by atoms with Crippen molar-refractivity contribution in [2.45, 2.75) is 19.4 Å². The molecule has 1 aromatic carbocycles. The Morgan fingerprint density at radius 3 is 2.68 bits per heavy atom. The van der Waals surface area contributed by atoms with Crippen molar-refractivity contribution in [2.75, 3.05) is 13.2 Å². The van der Waals surface area contributed by atoms with Crippen molar-refractivity contribution in [1.29, 1.82) is 0 Å². The fraction of sp³-hybridized carbons (Fsp3) is 0.333. The number of hydrogen-bond acceptors (Lipinski definition) is 3. The Labute approximate surface area is 118 Å². The van der Waals surface area contributed by atoms with Crippen LogP contribution in [0.25, 0.3) is 0 Å². The molecule has 0 radical (unpaired) electrons. The summed E-state index contributed by atoms with van der Waals surface area (Å²) >= 11 is 5.84. The third kappa shape index (κ3) is 4.62. The average Bonchev–Trinajstić information content (AvgIpc) is 2.91. The third-order valence-corrected chi connectivity index (χ3v) is 3.04. The zero-order chi connectivity index (χ0) is 13.5. The van der Waals surface area contributed by atoms with Gasteiger partial charge in [-0.15, -0.1) is 0 Å². The normalized spacial score (nSPS) is 12.3. The molecule has 0 aliphatic carbocycles. The summed E-state index contributed by atoms with van der Waals surface area (Å²) in [6.07, 6.45) is 2.51. The first kappa shape index (κ1) is 14.0. The molecule has 2 aromatic rings. The minimum Gasteiger partial charge on any atom is -0.492 e. The maximum Gasteiger partial charge on any atom is 0.119 e. The summed E-state index contributed by atoms with van der Waals surface area (Å²) < 4.78 is 11.1. The molecule has 2 rings (SSSR count). The van der Waals surface area contributed by atoms with Crippen LogP contribution in [0.3, 0.4) is 0 Å². The van der Waals surface area contributed by atoms with Crippen molar-refractivity contribution >= 4 is 11.6 Å². The lowest BCUT2D eigenvalue weighted by Gasteiger charge is -2.17. The highest BCUT2D eigenvalue weighted by atomic mass is 35.5. The predicted octanol–water partition coefficient (Wildman–Crippen LogP) is 3.53. The van der Waals surface area contributed by atoms with Gasteiger partial charge in [0.25, 0.3) is 0 Å². The monoisotopic (exact) mass is 279 g/mol. The second kappa shape index (κ2) is 7.22. The van der Waals surface area contributed by atoms with E-state index in [-0.39, 0.29) is 6.04 Å². The first-order valence-corrected chi connectivity index (χ1v) is 6.80. The van der Waals surface area contributed by atoms with Crippen LogP contribution in [-0.4, -0.2) is 19.2 Å². The van der Waals surface area contributed by atoms with Crippen LogP contribution in [0.2, 0.25) is 5.02 Å². The maximum atomic E-state index is 5.84. The molecule has 1 N–H and O–H groups in total. The zero-order valence-electron chi connectivity index (χ0n) is 10.9. The average molecular weight is 280 g/mol. The van der Waals surface area contributed by atoms with Gasteiger partial charge in [0.1, 0.15) is 18.1 Å². The van der Waals surface area contributed by atoms with Crippen molar-refractivity contribution in [2.24, 2.45) is 0 Å². The van der Waals surface area contributed by atoms with Gasteiger partial charge in [-0.1, -0.05) is 18.5 Å². The lowest BCUT2D eigenvalue weighted by molar-refractivity contribution is 0.258. The van der Waals surface area contributed by atoms with E-state index < -0.39 is 0 Å². The van der Waals surface area contributed by atoms with Crippen LogP contribution in [0.5, 0.6) is 5.75 Å². The predicted molar refractivity (Wildman–Crippen MR) is 76.8 cm³/mol. The fourth-order valence-electron chi connectivity index (χ4n) is 1.88. The van der Waals surface area contributed by atoms with Crippen molar-refractivity contribution in [3.05, 3.63) is 53.4 Å². The van der Waals surface area contributed by atoms with Crippen LogP contribution in [0.4, 0.5) is 0 Å². The molecule has 0 saturated carbocycles. The van der Waals surface area contributed by atoms with E-state index in [1.807, 2.05) is 36.4 Å². The summed E-state index contributed by atoms with van der Waals surface area (Å²) in [5.41, 5.74) is 0. The second-order valence-electron chi connectivity index (χ2n) is 4.30. The van der Waals surface area contributed by atoms with E-state index in [9.17, 15) is 0 Å². The number of likely N-dealkylation sites (N-methyl/N-ethyl adjacent to an activating group) is 1. The molecule has 0 saturated heterocycles. The van der Waals surface area contributed by atoms with Crippen LogP contribution in [0, 0.1) is 0 Å². The minimum atomic E-state index is 0.229. The Morgan fingerprint density at radius 1 is 1.26 bits per heavy atom. The summed E-state index contributed by atoms with van der Waals surface area (Å²) in [5.74, 6) is 1.79. The summed E-state index contributed by atoms with van der Waals surface area (Å²) in [7, 11) is 0. The first-order valence-electron chi connectivity index (χ1n) is 6.42. The minimum absolute atomic E-state index is 0.229.